The highest BCUT2D eigenvalue weighted by Crippen LogP contribution is 2.21. The van der Waals surface area contributed by atoms with Gasteiger partial charge < -0.3 is 14.6 Å². The third-order valence-corrected chi connectivity index (χ3v) is 4.89. The first-order valence-electron chi connectivity index (χ1n) is 9.57. The summed E-state index contributed by atoms with van der Waals surface area (Å²) in [4.78, 5) is 29.6. The van der Waals surface area contributed by atoms with Crippen molar-refractivity contribution in [1.29, 1.82) is 0 Å². The Morgan fingerprint density at radius 2 is 2.00 bits per heavy atom. The Morgan fingerprint density at radius 1 is 1.21 bits per heavy atom. The summed E-state index contributed by atoms with van der Waals surface area (Å²) < 4.78 is 7.47. The average molecular weight is 391 g/mol. The number of nitrogens with zero attached hydrogens (tertiary/aromatic N) is 2. The SMILES string of the molecule is CCc1c(C(=O)NCc2cccnc2)c(=O)cc(C)n1Cc1ccccc1OC. The van der Waals surface area contributed by atoms with Crippen LogP contribution in [0.5, 0.6) is 5.75 Å². The summed E-state index contributed by atoms with van der Waals surface area (Å²) in [5.74, 6) is 0.403. The van der Waals surface area contributed by atoms with Crippen molar-refractivity contribution in [3.63, 3.8) is 0 Å². The number of aromatic nitrogens is 2. The summed E-state index contributed by atoms with van der Waals surface area (Å²) in [6, 6.07) is 13.0. The van der Waals surface area contributed by atoms with Crippen LogP contribution in [0.1, 0.15) is 39.8 Å². The van der Waals surface area contributed by atoms with Gasteiger partial charge in [-0.3, -0.25) is 14.6 Å². The Labute approximate surface area is 170 Å². The summed E-state index contributed by atoms with van der Waals surface area (Å²) in [5, 5.41) is 2.85. The summed E-state index contributed by atoms with van der Waals surface area (Å²) in [6.45, 7) is 4.66. The fraction of sp³-hybridized carbons (Fsp3) is 0.261. The lowest BCUT2D eigenvalue weighted by atomic mass is 10.1. The monoisotopic (exact) mass is 391 g/mol. The van der Waals surface area contributed by atoms with E-state index >= 15 is 0 Å². The van der Waals surface area contributed by atoms with E-state index in [-0.39, 0.29) is 16.9 Å². The van der Waals surface area contributed by atoms with Gasteiger partial charge >= 0.3 is 0 Å². The van der Waals surface area contributed by atoms with E-state index < -0.39 is 0 Å². The maximum Gasteiger partial charge on any atom is 0.257 e. The second kappa shape index (κ2) is 9.19. The fourth-order valence-electron chi connectivity index (χ4n) is 3.44. The first-order valence-corrected chi connectivity index (χ1v) is 9.57. The Kier molecular flexibility index (Phi) is 6.44. The maximum absolute atomic E-state index is 12.9. The number of aryl methyl sites for hydroxylation is 1. The van der Waals surface area contributed by atoms with Crippen LogP contribution in [0.4, 0.5) is 0 Å². The van der Waals surface area contributed by atoms with Crippen LogP contribution in [-0.2, 0) is 19.5 Å². The normalized spacial score (nSPS) is 10.6. The molecule has 0 saturated carbocycles. The number of hydrogen-bond donors (Lipinski definition) is 1. The van der Waals surface area contributed by atoms with E-state index in [0.717, 1.165) is 22.6 Å². The van der Waals surface area contributed by atoms with Gasteiger partial charge in [0.1, 0.15) is 11.3 Å². The van der Waals surface area contributed by atoms with Crippen molar-refractivity contribution in [3.8, 4) is 5.75 Å². The molecular weight excluding hydrogens is 366 g/mol. The molecule has 3 aromatic rings. The molecule has 0 fully saturated rings. The van der Waals surface area contributed by atoms with Gasteiger partial charge in [-0.1, -0.05) is 31.2 Å². The van der Waals surface area contributed by atoms with Crippen molar-refractivity contribution in [3.05, 3.63) is 93.2 Å². The van der Waals surface area contributed by atoms with Crippen LogP contribution in [0, 0.1) is 6.92 Å². The third-order valence-electron chi connectivity index (χ3n) is 4.89. The lowest BCUT2D eigenvalue weighted by Crippen LogP contribution is -2.32. The standard InChI is InChI=1S/C23H25N3O3/c1-4-19-22(23(28)25-14-17-8-7-11-24-13-17)20(27)12-16(2)26(19)15-18-9-5-6-10-21(18)29-3/h5-13H,4,14-15H2,1-3H3,(H,25,28). The van der Waals surface area contributed by atoms with Gasteiger partial charge in [-0.05, 0) is 31.0 Å². The van der Waals surface area contributed by atoms with Crippen molar-refractivity contribution in [2.45, 2.75) is 33.4 Å². The van der Waals surface area contributed by atoms with Crippen LogP contribution in [0.3, 0.4) is 0 Å². The molecule has 0 radical (unpaired) electrons. The quantitative estimate of drug-likeness (QED) is 0.672. The summed E-state index contributed by atoms with van der Waals surface area (Å²) in [5.41, 5.74) is 3.31. The molecule has 0 unspecified atom stereocenters. The van der Waals surface area contributed by atoms with Crippen LogP contribution in [0.2, 0.25) is 0 Å². The number of ether oxygens (including phenoxy) is 1. The Hall–Kier alpha value is -3.41. The number of rotatable bonds is 7. The lowest BCUT2D eigenvalue weighted by Gasteiger charge is -2.20. The molecule has 2 heterocycles. The number of benzene rings is 1. The molecule has 1 aromatic carbocycles. The predicted octanol–water partition coefficient (Wildman–Crippen LogP) is 3.10. The second-order valence-corrected chi connectivity index (χ2v) is 6.77. The van der Waals surface area contributed by atoms with Crippen LogP contribution < -0.4 is 15.5 Å². The number of amides is 1. The van der Waals surface area contributed by atoms with E-state index in [2.05, 4.69) is 10.3 Å². The first-order chi connectivity index (χ1) is 14.0. The van der Waals surface area contributed by atoms with Gasteiger partial charge in [0, 0.05) is 42.0 Å². The molecule has 150 valence electrons. The Bertz CT molecular complexity index is 1060. The number of nitrogens with one attached hydrogen (secondary N) is 1. The van der Waals surface area contributed by atoms with Gasteiger partial charge in [-0.2, -0.15) is 0 Å². The number of pyridine rings is 2. The van der Waals surface area contributed by atoms with E-state index in [1.807, 2.05) is 54.8 Å². The highest BCUT2D eigenvalue weighted by atomic mass is 16.5. The average Bonchev–Trinajstić information content (AvgIpc) is 2.74. The van der Waals surface area contributed by atoms with Crippen LogP contribution in [0.15, 0.2) is 59.7 Å². The maximum atomic E-state index is 12.9. The zero-order chi connectivity index (χ0) is 20.8. The molecule has 0 spiro atoms. The zero-order valence-corrected chi connectivity index (χ0v) is 16.9. The highest BCUT2D eigenvalue weighted by Gasteiger charge is 2.19. The highest BCUT2D eigenvalue weighted by molar-refractivity contribution is 5.95. The summed E-state index contributed by atoms with van der Waals surface area (Å²) >= 11 is 0. The molecule has 29 heavy (non-hydrogen) atoms. The second-order valence-electron chi connectivity index (χ2n) is 6.77. The number of hydrogen-bond acceptors (Lipinski definition) is 4. The lowest BCUT2D eigenvalue weighted by molar-refractivity contribution is 0.0948. The Morgan fingerprint density at radius 3 is 2.69 bits per heavy atom. The number of carbonyl (C=O) groups excluding carboxylic acids is 1. The molecular formula is C23H25N3O3. The first kappa shape index (κ1) is 20.3. The van der Waals surface area contributed by atoms with Gasteiger partial charge in [-0.15, -0.1) is 0 Å². The van der Waals surface area contributed by atoms with Crippen LogP contribution >= 0.6 is 0 Å². The van der Waals surface area contributed by atoms with Gasteiger partial charge in [0.2, 0.25) is 0 Å². The molecule has 0 atom stereocenters. The largest absolute Gasteiger partial charge is 0.496 e. The van der Waals surface area contributed by atoms with E-state index in [0.29, 0.717) is 25.2 Å². The van der Waals surface area contributed by atoms with Crippen molar-refractivity contribution in [1.82, 2.24) is 14.9 Å². The number of carbonyl (C=O) groups is 1. The zero-order valence-electron chi connectivity index (χ0n) is 16.9. The molecule has 1 amide bonds. The van der Waals surface area contributed by atoms with Gasteiger partial charge in [-0.25, -0.2) is 0 Å². The molecule has 0 aliphatic carbocycles. The minimum Gasteiger partial charge on any atom is -0.496 e. The molecule has 1 N–H and O–H groups in total. The van der Waals surface area contributed by atoms with E-state index in [4.69, 9.17) is 4.74 Å². The van der Waals surface area contributed by atoms with Gasteiger partial charge in [0.15, 0.2) is 5.43 Å². The van der Waals surface area contributed by atoms with Crippen molar-refractivity contribution < 1.29 is 9.53 Å². The third kappa shape index (κ3) is 4.54. The molecule has 0 aliphatic heterocycles. The van der Waals surface area contributed by atoms with Crippen LogP contribution in [-0.4, -0.2) is 22.6 Å². The molecule has 3 rings (SSSR count). The predicted molar refractivity (Wildman–Crippen MR) is 112 cm³/mol. The summed E-state index contributed by atoms with van der Waals surface area (Å²) in [6.07, 6.45) is 3.93. The molecule has 2 aromatic heterocycles. The van der Waals surface area contributed by atoms with E-state index in [1.54, 1.807) is 19.5 Å². The molecule has 0 aliphatic rings. The Balaban J connectivity index is 1.96. The topological polar surface area (TPSA) is 73.2 Å². The van der Waals surface area contributed by atoms with Gasteiger partial charge in [0.05, 0.1) is 13.7 Å². The van der Waals surface area contributed by atoms with Crippen molar-refractivity contribution >= 4 is 5.91 Å². The van der Waals surface area contributed by atoms with Crippen molar-refractivity contribution in [2.75, 3.05) is 7.11 Å². The molecule has 0 saturated heterocycles. The van der Waals surface area contributed by atoms with E-state index in [9.17, 15) is 9.59 Å². The summed E-state index contributed by atoms with van der Waals surface area (Å²) in [7, 11) is 1.63. The minimum absolute atomic E-state index is 0.192. The molecule has 6 nitrogen and oxygen atoms in total. The van der Waals surface area contributed by atoms with E-state index in [1.165, 1.54) is 6.07 Å². The van der Waals surface area contributed by atoms with Crippen LogP contribution in [0.25, 0.3) is 0 Å². The number of para-hydroxylation sites is 1. The molecule has 0 bridgehead atoms. The van der Waals surface area contributed by atoms with Crippen molar-refractivity contribution in [2.24, 2.45) is 0 Å². The molecule has 6 heteroatoms. The fourth-order valence-corrected chi connectivity index (χ4v) is 3.44. The number of methoxy groups -OCH3 is 1. The smallest absolute Gasteiger partial charge is 0.257 e. The minimum atomic E-state index is -0.371. The van der Waals surface area contributed by atoms with Gasteiger partial charge in [0.25, 0.3) is 5.91 Å².